The molecular formula is C21H26N2O3. The Hall–Kier alpha value is -1.88. The molecule has 5 heteroatoms. The number of nitrogens with zero attached hydrogens (tertiary/aromatic N) is 1. The highest BCUT2D eigenvalue weighted by atomic mass is 16.5. The minimum Gasteiger partial charge on any atom is -0.497 e. The summed E-state index contributed by atoms with van der Waals surface area (Å²) in [4.78, 5) is 26.9. The summed E-state index contributed by atoms with van der Waals surface area (Å²) in [5.74, 6) is 2.96. The highest BCUT2D eigenvalue weighted by Gasteiger charge is 2.53. The van der Waals surface area contributed by atoms with E-state index in [2.05, 4.69) is 5.32 Å². The van der Waals surface area contributed by atoms with Gasteiger partial charge in [0, 0.05) is 5.54 Å². The van der Waals surface area contributed by atoms with Gasteiger partial charge in [-0.05, 0) is 80.5 Å². The van der Waals surface area contributed by atoms with Crippen molar-refractivity contribution in [2.75, 3.05) is 12.0 Å². The van der Waals surface area contributed by atoms with E-state index < -0.39 is 0 Å². The van der Waals surface area contributed by atoms with E-state index in [0.717, 1.165) is 23.5 Å². The molecule has 4 bridgehead atoms. The van der Waals surface area contributed by atoms with Gasteiger partial charge in [0.05, 0.1) is 25.3 Å². The SMILES string of the molecule is COc1ccc(N2C(=O)CC(NC34CC5CC(CC(C5)C3)C4)C2=O)cc1. The van der Waals surface area contributed by atoms with Crippen LogP contribution in [0.2, 0.25) is 0 Å². The molecule has 6 rings (SSSR count). The lowest BCUT2D eigenvalue weighted by atomic mass is 9.53. The number of anilines is 1. The van der Waals surface area contributed by atoms with Gasteiger partial charge < -0.3 is 4.74 Å². The van der Waals surface area contributed by atoms with Crippen molar-refractivity contribution < 1.29 is 14.3 Å². The molecule has 1 aromatic rings. The number of rotatable bonds is 4. The Labute approximate surface area is 154 Å². The van der Waals surface area contributed by atoms with E-state index in [1.54, 1.807) is 31.4 Å². The molecule has 1 aliphatic heterocycles. The average Bonchev–Trinajstić information content (AvgIpc) is 2.87. The Bertz CT molecular complexity index is 707. The van der Waals surface area contributed by atoms with Crippen LogP contribution >= 0.6 is 0 Å². The molecule has 0 aromatic heterocycles. The van der Waals surface area contributed by atoms with Crippen LogP contribution in [0.15, 0.2) is 24.3 Å². The summed E-state index contributed by atoms with van der Waals surface area (Å²) < 4.78 is 5.16. The molecule has 1 N–H and O–H groups in total. The van der Waals surface area contributed by atoms with Gasteiger partial charge in [0.1, 0.15) is 5.75 Å². The molecule has 1 atom stereocenters. The van der Waals surface area contributed by atoms with Gasteiger partial charge >= 0.3 is 0 Å². The van der Waals surface area contributed by atoms with Crippen molar-refractivity contribution in [3.8, 4) is 5.75 Å². The van der Waals surface area contributed by atoms with Crippen molar-refractivity contribution in [1.82, 2.24) is 5.32 Å². The largest absolute Gasteiger partial charge is 0.497 e. The Kier molecular flexibility index (Phi) is 3.64. The van der Waals surface area contributed by atoms with Crippen molar-refractivity contribution in [1.29, 1.82) is 0 Å². The number of carbonyl (C=O) groups is 2. The van der Waals surface area contributed by atoms with E-state index >= 15 is 0 Å². The van der Waals surface area contributed by atoms with Gasteiger partial charge in [-0.3, -0.25) is 14.9 Å². The van der Waals surface area contributed by atoms with Gasteiger partial charge in [-0.25, -0.2) is 4.90 Å². The smallest absolute Gasteiger partial charge is 0.251 e. The molecule has 5 aliphatic rings. The highest BCUT2D eigenvalue weighted by molar-refractivity contribution is 6.22. The van der Waals surface area contributed by atoms with Crippen molar-refractivity contribution in [2.24, 2.45) is 17.8 Å². The van der Waals surface area contributed by atoms with Crippen LogP contribution in [0.5, 0.6) is 5.75 Å². The summed E-state index contributed by atoms with van der Waals surface area (Å²) in [5.41, 5.74) is 0.723. The van der Waals surface area contributed by atoms with Gasteiger partial charge in [0.2, 0.25) is 5.91 Å². The molecule has 4 saturated carbocycles. The molecule has 1 aromatic carbocycles. The lowest BCUT2D eigenvalue weighted by molar-refractivity contribution is -0.122. The average molecular weight is 354 g/mol. The quantitative estimate of drug-likeness (QED) is 0.845. The minimum atomic E-state index is -0.374. The topological polar surface area (TPSA) is 58.6 Å². The molecule has 2 amide bonds. The zero-order valence-electron chi connectivity index (χ0n) is 15.2. The second-order valence-electron chi connectivity index (χ2n) is 8.86. The zero-order valence-corrected chi connectivity index (χ0v) is 15.2. The maximum atomic E-state index is 13.0. The standard InChI is InChI=1S/C21H26N2O3/c1-26-17-4-2-16(3-5-17)23-19(24)9-18(20(23)25)22-21-10-13-6-14(11-21)8-15(7-13)12-21/h2-5,13-15,18,22H,6-12H2,1H3. The van der Waals surface area contributed by atoms with Crippen molar-refractivity contribution >= 4 is 17.5 Å². The van der Waals surface area contributed by atoms with Crippen LogP contribution in [0.25, 0.3) is 0 Å². The first kappa shape index (κ1) is 16.3. The number of carbonyl (C=O) groups excluding carboxylic acids is 2. The predicted octanol–water partition coefficient (Wildman–Crippen LogP) is 2.89. The van der Waals surface area contributed by atoms with Gasteiger partial charge in [-0.2, -0.15) is 0 Å². The fourth-order valence-electron chi connectivity index (χ4n) is 6.40. The summed E-state index contributed by atoms with van der Waals surface area (Å²) in [7, 11) is 1.60. The van der Waals surface area contributed by atoms with Crippen LogP contribution in [0.4, 0.5) is 5.69 Å². The Morgan fingerprint density at radius 2 is 1.58 bits per heavy atom. The van der Waals surface area contributed by atoms with E-state index in [0.29, 0.717) is 5.69 Å². The lowest BCUT2D eigenvalue weighted by Crippen LogP contribution is -2.61. The van der Waals surface area contributed by atoms with Crippen LogP contribution in [-0.4, -0.2) is 30.5 Å². The molecule has 138 valence electrons. The van der Waals surface area contributed by atoms with E-state index in [1.807, 2.05) is 0 Å². The maximum absolute atomic E-state index is 13.0. The van der Waals surface area contributed by atoms with Crippen LogP contribution < -0.4 is 15.0 Å². The predicted molar refractivity (Wildman–Crippen MR) is 97.9 cm³/mol. The molecule has 1 heterocycles. The first-order chi connectivity index (χ1) is 12.5. The second-order valence-corrected chi connectivity index (χ2v) is 8.86. The van der Waals surface area contributed by atoms with Crippen molar-refractivity contribution in [3.05, 3.63) is 24.3 Å². The molecule has 26 heavy (non-hydrogen) atoms. The first-order valence-electron chi connectivity index (χ1n) is 9.84. The third-order valence-electron chi connectivity index (χ3n) is 7.00. The summed E-state index contributed by atoms with van der Waals surface area (Å²) in [6.45, 7) is 0. The highest BCUT2D eigenvalue weighted by Crippen LogP contribution is 2.55. The third-order valence-corrected chi connectivity index (χ3v) is 7.00. The van der Waals surface area contributed by atoms with E-state index in [1.165, 1.54) is 43.4 Å². The fourth-order valence-corrected chi connectivity index (χ4v) is 6.40. The molecule has 0 radical (unpaired) electrons. The molecular weight excluding hydrogens is 328 g/mol. The number of benzene rings is 1. The second kappa shape index (κ2) is 5.81. The lowest BCUT2D eigenvalue weighted by Gasteiger charge is -2.57. The van der Waals surface area contributed by atoms with Crippen LogP contribution in [-0.2, 0) is 9.59 Å². The summed E-state index contributed by atoms with van der Waals surface area (Å²) in [6.07, 6.45) is 7.93. The molecule has 1 saturated heterocycles. The molecule has 5 nitrogen and oxygen atoms in total. The number of nitrogens with one attached hydrogen (secondary N) is 1. The number of hydrogen-bond acceptors (Lipinski definition) is 4. The molecule has 4 aliphatic carbocycles. The van der Waals surface area contributed by atoms with Gasteiger partial charge in [-0.15, -0.1) is 0 Å². The summed E-state index contributed by atoms with van der Waals surface area (Å²) in [5, 5.41) is 3.69. The number of methoxy groups -OCH3 is 1. The molecule has 5 fully saturated rings. The number of imide groups is 1. The minimum absolute atomic E-state index is 0.0886. The van der Waals surface area contributed by atoms with E-state index in [-0.39, 0.29) is 29.8 Å². The fraction of sp³-hybridized carbons (Fsp3) is 0.619. The molecule has 0 spiro atoms. The van der Waals surface area contributed by atoms with Crippen LogP contribution in [0.1, 0.15) is 44.9 Å². The summed E-state index contributed by atoms with van der Waals surface area (Å²) >= 11 is 0. The summed E-state index contributed by atoms with van der Waals surface area (Å²) in [6, 6.07) is 6.76. The normalized spacial score (nSPS) is 38.3. The third kappa shape index (κ3) is 2.56. The number of hydrogen-bond donors (Lipinski definition) is 1. The Balaban J connectivity index is 1.35. The Morgan fingerprint density at radius 1 is 1.00 bits per heavy atom. The van der Waals surface area contributed by atoms with Gasteiger partial charge in [0.25, 0.3) is 5.91 Å². The van der Waals surface area contributed by atoms with E-state index in [4.69, 9.17) is 4.74 Å². The zero-order chi connectivity index (χ0) is 17.9. The van der Waals surface area contributed by atoms with Crippen LogP contribution in [0.3, 0.4) is 0 Å². The van der Waals surface area contributed by atoms with Crippen molar-refractivity contribution in [2.45, 2.75) is 56.5 Å². The number of amides is 2. The van der Waals surface area contributed by atoms with E-state index in [9.17, 15) is 9.59 Å². The maximum Gasteiger partial charge on any atom is 0.251 e. The Morgan fingerprint density at radius 3 is 2.12 bits per heavy atom. The molecule has 1 unspecified atom stereocenters. The van der Waals surface area contributed by atoms with Crippen LogP contribution in [0, 0.1) is 17.8 Å². The number of ether oxygens (including phenoxy) is 1. The first-order valence-corrected chi connectivity index (χ1v) is 9.84. The van der Waals surface area contributed by atoms with Gasteiger partial charge in [-0.1, -0.05) is 0 Å². The van der Waals surface area contributed by atoms with Gasteiger partial charge in [0.15, 0.2) is 0 Å². The van der Waals surface area contributed by atoms with Crippen molar-refractivity contribution in [3.63, 3.8) is 0 Å². The monoisotopic (exact) mass is 354 g/mol.